The molecule has 0 amide bonds. The highest BCUT2D eigenvalue weighted by Crippen LogP contribution is 2.27. The highest BCUT2D eigenvalue weighted by Gasteiger charge is 2.11. The van der Waals surface area contributed by atoms with Gasteiger partial charge in [0.05, 0.1) is 6.10 Å². The quantitative estimate of drug-likeness (QED) is 0.803. The molecule has 0 spiro atoms. The van der Waals surface area contributed by atoms with Crippen LogP contribution in [0.5, 0.6) is 0 Å². The van der Waals surface area contributed by atoms with Gasteiger partial charge < -0.3 is 5.11 Å². The van der Waals surface area contributed by atoms with Gasteiger partial charge >= 0.3 is 0 Å². The monoisotopic (exact) mass is 240 g/mol. The van der Waals surface area contributed by atoms with Crippen LogP contribution in [-0.4, -0.2) is 5.11 Å². The van der Waals surface area contributed by atoms with Gasteiger partial charge in [-0.3, -0.25) is 0 Å². The van der Waals surface area contributed by atoms with Crippen LogP contribution in [0, 0.1) is 12.8 Å². The van der Waals surface area contributed by atoms with E-state index < -0.39 is 6.10 Å². The molecule has 1 aromatic rings. The van der Waals surface area contributed by atoms with Crippen molar-refractivity contribution < 1.29 is 5.11 Å². The standard InChI is InChI=1S/C14H21ClO/c1-10(2)5-4-6-14(16)12-8-7-11(3)9-13(12)15/h7-10,14,16H,4-6H2,1-3H3. The topological polar surface area (TPSA) is 20.2 Å². The Morgan fingerprint density at radius 1 is 1.25 bits per heavy atom. The van der Waals surface area contributed by atoms with Gasteiger partial charge in [0.2, 0.25) is 0 Å². The van der Waals surface area contributed by atoms with Crippen molar-refractivity contribution in [3.63, 3.8) is 0 Å². The molecule has 1 unspecified atom stereocenters. The number of aliphatic hydroxyl groups excluding tert-OH is 1. The predicted octanol–water partition coefficient (Wildman–Crippen LogP) is 4.51. The van der Waals surface area contributed by atoms with Crippen LogP contribution in [0.1, 0.15) is 50.3 Å². The van der Waals surface area contributed by atoms with E-state index in [1.165, 1.54) is 0 Å². The summed E-state index contributed by atoms with van der Waals surface area (Å²) in [6.07, 6.45) is 2.57. The Labute approximate surface area is 103 Å². The molecular weight excluding hydrogens is 220 g/mol. The second kappa shape index (κ2) is 6.27. The number of hydrogen-bond acceptors (Lipinski definition) is 1. The first-order valence-electron chi connectivity index (χ1n) is 5.95. The summed E-state index contributed by atoms with van der Waals surface area (Å²) in [5.41, 5.74) is 1.99. The van der Waals surface area contributed by atoms with Crippen LogP contribution in [0.4, 0.5) is 0 Å². The van der Waals surface area contributed by atoms with E-state index in [1.807, 2.05) is 25.1 Å². The highest BCUT2D eigenvalue weighted by atomic mass is 35.5. The predicted molar refractivity (Wildman–Crippen MR) is 69.8 cm³/mol. The summed E-state index contributed by atoms with van der Waals surface area (Å²) < 4.78 is 0. The first kappa shape index (κ1) is 13.5. The number of benzene rings is 1. The average molecular weight is 241 g/mol. The van der Waals surface area contributed by atoms with Crippen LogP contribution >= 0.6 is 11.6 Å². The molecule has 16 heavy (non-hydrogen) atoms. The Bertz CT molecular complexity index is 334. The molecule has 0 bridgehead atoms. The van der Waals surface area contributed by atoms with Crippen LogP contribution in [0.3, 0.4) is 0 Å². The van der Waals surface area contributed by atoms with Gasteiger partial charge in [-0.1, -0.05) is 50.4 Å². The molecule has 0 aliphatic heterocycles. The molecule has 0 heterocycles. The lowest BCUT2D eigenvalue weighted by Gasteiger charge is -2.13. The van der Waals surface area contributed by atoms with Gasteiger partial charge in [0, 0.05) is 5.02 Å². The summed E-state index contributed by atoms with van der Waals surface area (Å²) in [6.45, 7) is 6.40. The maximum Gasteiger partial charge on any atom is 0.0804 e. The highest BCUT2D eigenvalue weighted by molar-refractivity contribution is 6.31. The van der Waals surface area contributed by atoms with Gasteiger partial charge in [0.1, 0.15) is 0 Å². The van der Waals surface area contributed by atoms with Crippen molar-refractivity contribution in [2.75, 3.05) is 0 Å². The Kier molecular flexibility index (Phi) is 5.30. The molecular formula is C14H21ClO. The SMILES string of the molecule is Cc1ccc(C(O)CCCC(C)C)c(Cl)c1. The van der Waals surface area contributed by atoms with Crippen molar-refractivity contribution in [1.82, 2.24) is 0 Å². The van der Waals surface area contributed by atoms with E-state index in [0.29, 0.717) is 10.9 Å². The van der Waals surface area contributed by atoms with Crippen LogP contribution in [-0.2, 0) is 0 Å². The third-order valence-corrected chi connectivity index (χ3v) is 3.10. The van der Waals surface area contributed by atoms with E-state index >= 15 is 0 Å². The Hall–Kier alpha value is -0.530. The average Bonchev–Trinajstić information content (AvgIpc) is 2.16. The van der Waals surface area contributed by atoms with E-state index in [4.69, 9.17) is 11.6 Å². The first-order valence-corrected chi connectivity index (χ1v) is 6.32. The minimum absolute atomic E-state index is 0.424. The van der Waals surface area contributed by atoms with E-state index in [1.54, 1.807) is 0 Å². The van der Waals surface area contributed by atoms with E-state index in [2.05, 4.69) is 13.8 Å². The van der Waals surface area contributed by atoms with Gasteiger partial charge in [-0.15, -0.1) is 0 Å². The third kappa shape index (κ3) is 4.15. The summed E-state index contributed by atoms with van der Waals surface area (Å²) >= 11 is 6.11. The number of halogens is 1. The lowest BCUT2D eigenvalue weighted by Crippen LogP contribution is -1.99. The summed E-state index contributed by atoms with van der Waals surface area (Å²) in [6, 6.07) is 5.83. The van der Waals surface area contributed by atoms with Gasteiger partial charge in [-0.05, 0) is 36.5 Å². The molecule has 2 heteroatoms. The molecule has 1 atom stereocenters. The minimum atomic E-state index is -0.424. The van der Waals surface area contributed by atoms with Gasteiger partial charge in [-0.2, -0.15) is 0 Å². The summed E-state index contributed by atoms with van der Waals surface area (Å²) in [5.74, 6) is 0.695. The van der Waals surface area contributed by atoms with Crippen molar-refractivity contribution in [1.29, 1.82) is 0 Å². The zero-order valence-corrected chi connectivity index (χ0v) is 11.1. The molecule has 1 nitrogen and oxygen atoms in total. The molecule has 1 rings (SSSR count). The van der Waals surface area contributed by atoms with Crippen molar-refractivity contribution in [3.8, 4) is 0 Å². The van der Waals surface area contributed by atoms with Crippen LogP contribution in [0.25, 0.3) is 0 Å². The van der Waals surface area contributed by atoms with Crippen molar-refractivity contribution in [2.24, 2.45) is 5.92 Å². The van der Waals surface area contributed by atoms with Crippen LogP contribution in [0.2, 0.25) is 5.02 Å². The van der Waals surface area contributed by atoms with Gasteiger partial charge in [0.25, 0.3) is 0 Å². The van der Waals surface area contributed by atoms with E-state index in [-0.39, 0.29) is 0 Å². The number of aliphatic hydroxyl groups is 1. The fourth-order valence-electron chi connectivity index (χ4n) is 1.78. The van der Waals surface area contributed by atoms with Gasteiger partial charge in [0.15, 0.2) is 0 Å². The zero-order valence-electron chi connectivity index (χ0n) is 10.3. The van der Waals surface area contributed by atoms with Crippen LogP contribution < -0.4 is 0 Å². The second-order valence-electron chi connectivity index (χ2n) is 4.87. The summed E-state index contributed by atoms with van der Waals surface area (Å²) in [7, 11) is 0. The Morgan fingerprint density at radius 2 is 1.94 bits per heavy atom. The van der Waals surface area contributed by atoms with Crippen molar-refractivity contribution in [2.45, 2.75) is 46.1 Å². The second-order valence-corrected chi connectivity index (χ2v) is 5.27. The fraction of sp³-hybridized carbons (Fsp3) is 0.571. The normalized spacial score (nSPS) is 13.1. The molecule has 0 saturated heterocycles. The lowest BCUT2D eigenvalue weighted by molar-refractivity contribution is 0.162. The molecule has 1 aromatic carbocycles. The molecule has 0 aliphatic rings. The molecule has 90 valence electrons. The zero-order chi connectivity index (χ0) is 12.1. The number of aryl methyl sites for hydroxylation is 1. The van der Waals surface area contributed by atoms with Crippen molar-refractivity contribution >= 4 is 11.6 Å². The van der Waals surface area contributed by atoms with E-state index in [9.17, 15) is 5.11 Å². The maximum absolute atomic E-state index is 10.0. The molecule has 0 aromatic heterocycles. The third-order valence-electron chi connectivity index (χ3n) is 2.77. The van der Waals surface area contributed by atoms with Gasteiger partial charge in [-0.25, -0.2) is 0 Å². The number of rotatable bonds is 5. The van der Waals surface area contributed by atoms with Crippen LogP contribution in [0.15, 0.2) is 18.2 Å². The Morgan fingerprint density at radius 3 is 2.50 bits per heavy atom. The lowest BCUT2D eigenvalue weighted by atomic mass is 9.99. The minimum Gasteiger partial charge on any atom is -0.388 e. The largest absolute Gasteiger partial charge is 0.388 e. The Balaban J connectivity index is 2.55. The molecule has 0 fully saturated rings. The number of hydrogen-bond donors (Lipinski definition) is 1. The summed E-state index contributed by atoms with van der Waals surface area (Å²) in [4.78, 5) is 0. The van der Waals surface area contributed by atoms with Crippen molar-refractivity contribution in [3.05, 3.63) is 34.3 Å². The smallest absolute Gasteiger partial charge is 0.0804 e. The molecule has 0 aliphatic carbocycles. The molecule has 0 saturated carbocycles. The maximum atomic E-state index is 10.0. The first-order chi connectivity index (χ1) is 7.50. The van der Waals surface area contributed by atoms with E-state index in [0.717, 1.165) is 30.4 Å². The summed E-state index contributed by atoms with van der Waals surface area (Å²) in [5, 5.41) is 10.7. The molecule has 0 radical (unpaired) electrons. The molecule has 1 N–H and O–H groups in total. The fourth-order valence-corrected chi connectivity index (χ4v) is 2.14.